The Kier molecular flexibility index (Phi) is 5.42. The van der Waals surface area contributed by atoms with E-state index in [1.54, 1.807) is 6.20 Å². The summed E-state index contributed by atoms with van der Waals surface area (Å²) in [5, 5.41) is 2.35. The molecule has 0 atom stereocenters. The Morgan fingerprint density at radius 3 is 2.55 bits per heavy atom. The molecule has 1 heterocycles. The number of benzene rings is 2. The molecular formula is C20H23NO. The van der Waals surface area contributed by atoms with Gasteiger partial charge in [0.05, 0.1) is 0 Å². The van der Waals surface area contributed by atoms with Crippen molar-refractivity contribution in [2.45, 2.75) is 27.2 Å². The molecule has 1 aromatic heterocycles. The monoisotopic (exact) mass is 293 g/mol. The fourth-order valence-corrected chi connectivity index (χ4v) is 2.46. The number of para-hydroxylation sites is 2. The lowest BCUT2D eigenvalue weighted by Crippen LogP contribution is -1.84. The molecule has 2 N–H and O–H groups in total. The quantitative estimate of drug-likeness (QED) is 0.641. The number of hydrogen-bond donors (Lipinski definition) is 1. The largest absolute Gasteiger partial charge is 0.456 e. The first-order valence-electron chi connectivity index (χ1n) is 7.74. The molecule has 114 valence electrons. The first-order chi connectivity index (χ1) is 10.8. The summed E-state index contributed by atoms with van der Waals surface area (Å²) in [6.45, 7) is 6.04. The van der Waals surface area contributed by atoms with Crippen molar-refractivity contribution in [2.75, 3.05) is 0 Å². The predicted molar refractivity (Wildman–Crippen MR) is 95.9 cm³/mol. The topological polar surface area (TPSA) is 39.2 Å². The first kappa shape index (κ1) is 15.9. The van der Waals surface area contributed by atoms with Crippen LogP contribution in [0.3, 0.4) is 0 Å². The van der Waals surface area contributed by atoms with Crippen LogP contribution in [0.25, 0.3) is 21.9 Å². The maximum Gasteiger partial charge on any atom is 0.138 e. The van der Waals surface area contributed by atoms with Crippen LogP contribution in [-0.4, -0.2) is 0 Å². The van der Waals surface area contributed by atoms with Gasteiger partial charge in [-0.3, -0.25) is 0 Å². The van der Waals surface area contributed by atoms with Crippen LogP contribution in [0.5, 0.6) is 0 Å². The van der Waals surface area contributed by atoms with Crippen LogP contribution in [0.4, 0.5) is 0 Å². The normalized spacial score (nSPS) is 11.9. The molecule has 22 heavy (non-hydrogen) atoms. The van der Waals surface area contributed by atoms with Crippen molar-refractivity contribution < 1.29 is 4.42 Å². The van der Waals surface area contributed by atoms with Gasteiger partial charge in [0.25, 0.3) is 0 Å². The van der Waals surface area contributed by atoms with Crippen LogP contribution in [-0.2, 0) is 6.42 Å². The summed E-state index contributed by atoms with van der Waals surface area (Å²) in [5.74, 6) is 0. The van der Waals surface area contributed by atoms with Crippen LogP contribution in [0, 0.1) is 0 Å². The molecule has 0 saturated heterocycles. The molecule has 0 unspecified atom stereocenters. The minimum absolute atomic E-state index is 0.841. The van der Waals surface area contributed by atoms with Gasteiger partial charge in [-0.1, -0.05) is 61.9 Å². The molecular weight excluding hydrogens is 270 g/mol. The van der Waals surface area contributed by atoms with Crippen LogP contribution < -0.4 is 5.73 Å². The van der Waals surface area contributed by atoms with Gasteiger partial charge in [-0.15, -0.1) is 0 Å². The highest BCUT2D eigenvalue weighted by atomic mass is 16.3. The van der Waals surface area contributed by atoms with Crippen LogP contribution in [0.2, 0.25) is 0 Å². The van der Waals surface area contributed by atoms with E-state index < -0.39 is 0 Å². The third kappa shape index (κ3) is 3.22. The maximum absolute atomic E-state index is 6.00. The fourth-order valence-electron chi connectivity index (χ4n) is 2.46. The molecule has 2 nitrogen and oxygen atoms in total. The van der Waals surface area contributed by atoms with Gasteiger partial charge in [-0.25, -0.2) is 0 Å². The van der Waals surface area contributed by atoms with Crippen LogP contribution >= 0.6 is 0 Å². The molecule has 0 amide bonds. The van der Waals surface area contributed by atoms with E-state index in [0.29, 0.717) is 0 Å². The van der Waals surface area contributed by atoms with Crippen molar-refractivity contribution in [1.29, 1.82) is 0 Å². The van der Waals surface area contributed by atoms with Gasteiger partial charge < -0.3 is 10.2 Å². The molecule has 0 radical (unpaired) electrons. The third-order valence-corrected chi connectivity index (χ3v) is 3.49. The summed E-state index contributed by atoms with van der Waals surface area (Å²) in [6.07, 6.45) is 6.46. The number of hydrogen-bond acceptors (Lipinski definition) is 2. The van der Waals surface area contributed by atoms with Crippen molar-refractivity contribution in [3.8, 4) is 0 Å². The molecule has 0 saturated carbocycles. The lowest BCUT2D eigenvalue weighted by atomic mass is 10.1. The van der Waals surface area contributed by atoms with Crippen LogP contribution in [0.1, 0.15) is 26.3 Å². The number of allylic oxidation sites excluding steroid dienone is 3. The standard InChI is InChI=1S/C18H17NO.C2H6/c1-13(11-12-19)9-10-14-5-4-7-16-15-6-2-3-8-17(15)20-18(14)16;1-2/h2-9,11-12H,10,19H2,1H3;1-2H3/b12-11-,13-9-;. The molecule has 3 rings (SSSR count). The third-order valence-electron chi connectivity index (χ3n) is 3.49. The van der Waals surface area contributed by atoms with Gasteiger partial charge in [0.15, 0.2) is 0 Å². The minimum Gasteiger partial charge on any atom is -0.456 e. The van der Waals surface area contributed by atoms with Gasteiger partial charge >= 0.3 is 0 Å². The highest BCUT2D eigenvalue weighted by Crippen LogP contribution is 2.31. The van der Waals surface area contributed by atoms with E-state index in [0.717, 1.165) is 23.2 Å². The van der Waals surface area contributed by atoms with Crippen molar-refractivity contribution in [3.63, 3.8) is 0 Å². The second-order valence-corrected chi connectivity index (χ2v) is 4.90. The van der Waals surface area contributed by atoms with E-state index >= 15 is 0 Å². The van der Waals surface area contributed by atoms with E-state index in [9.17, 15) is 0 Å². The summed E-state index contributed by atoms with van der Waals surface area (Å²) >= 11 is 0. The average molecular weight is 293 g/mol. The van der Waals surface area contributed by atoms with Crippen molar-refractivity contribution in [1.82, 2.24) is 0 Å². The lowest BCUT2D eigenvalue weighted by Gasteiger charge is -1.99. The summed E-state index contributed by atoms with van der Waals surface area (Å²) in [7, 11) is 0. The Balaban J connectivity index is 0.000000847. The average Bonchev–Trinajstić information content (AvgIpc) is 2.94. The van der Waals surface area contributed by atoms with Crippen molar-refractivity contribution >= 4 is 21.9 Å². The molecule has 2 heteroatoms. The molecule has 3 aromatic rings. The van der Waals surface area contributed by atoms with Gasteiger partial charge in [0, 0.05) is 10.8 Å². The molecule has 2 aromatic carbocycles. The fraction of sp³-hybridized carbons (Fsp3) is 0.200. The zero-order valence-corrected chi connectivity index (χ0v) is 13.5. The molecule has 0 aliphatic heterocycles. The Hall–Kier alpha value is -2.48. The Morgan fingerprint density at radius 1 is 1.05 bits per heavy atom. The van der Waals surface area contributed by atoms with E-state index in [4.69, 9.17) is 10.2 Å². The molecule has 0 fully saturated rings. The minimum atomic E-state index is 0.841. The SMILES string of the molecule is CC.CC(/C=C\N)=C/Cc1cccc2c1oc1ccccc12. The van der Waals surface area contributed by atoms with Gasteiger partial charge in [-0.05, 0) is 37.3 Å². The molecule has 0 aliphatic carbocycles. The first-order valence-corrected chi connectivity index (χ1v) is 7.74. The second-order valence-electron chi connectivity index (χ2n) is 4.90. The second kappa shape index (κ2) is 7.51. The molecule has 0 spiro atoms. The Bertz CT molecular complexity index is 809. The smallest absolute Gasteiger partial charge is 0.138 e. The summed E-state index contributed by atoms with van der Waals surface area (Å²) in [5.41, 5.74) is 9.67. The van der Waals surface area contributed by atoms with Crippen molar-refractivity contribution in [2.24, 2.45) is 5.73 Å². The number of rotatable bonds is 3. The Labute approximate surface area is 131 Å². The van der Waals surface area contributed by atoms with Gasteiger partial charge in [-0.2, -0.15) is 0 Å². The van der Waals surface area contributed by atoms with Gasteiger partial charge in [0.1, 0.15) is 11.2 Å². The van der Waals surface area contributed by atoms with Crippen molar-refractivity contribution in [3.05, 3.63) is 72.0 Å². The highest BCUT2D eigenvalue weighted by Gasteiger charge is 2.08. The maximum atomic E-state index is 6.00. The predicted octanol–water partition coefficient (Wildman–Crippen LogP) is 5.57. The summed E-state index contributed by atoms with van der Waals surface area (Å²) in [6, 6.07) is 14.5. The number of nitrogens with two attached hydrogens (primary N) is 1. The summed E-state index contributed by atoms with van der Waals surface area (Å²) < 4.78 is 6.00. The number of furan rings is 1. The number of fused-ring (bicyclic) bond motifs is 3. The lowest BCUT2D eigenvalue weighted by molar-refractivity contribution is 0.664. The molecule has 0 aliphatic rings. The van der Waals surface area contributed by atoms with E-state index in [-0.39, 0.29) is 0 Å². The Morgan fingerprint density at radius 2 is 1.77 bits per heavy atom. The van der Waals surface area contributed by atoms with E-state index in [1.165, 1.54) is 16.3 Å². The van der Waals surface area contributed by atoms with Gasteiger partial charge in [0.2, 0.25) is 0 Å². The zero-order chi connectivity index (χ0) is 15.9. The highest BCUT2D eigenvalue weighted by molar-refractivity contribution is 6.05. The molecule has 0 bridgehead atoms. The summed E-state index contributed by atoms with van der Waals surface area (Å²) in [4.78, 5) is 0. The van der Waals surface area contributed by atoms with E-state index in [2.05, 4.69) is 30.3 Å². The van der Waals surface area contributed by atoms with E-state index in [1.807, 2.05) is 45.0 Å². The van der Waals surface area contributed by atoms with Crippen LogP contribution in [0.15, 0.2) is 70.8 Å². The zero-order valence-electron chi connectivity index (χ0n) is 13.5.